The number of nitrogens with one attached hydrogen (secondary N) is 2. The number of urea groups is 1. The van der Waals surface area contributed by atoms with E-state index < -0.39 is 0 Å². The topological polar surface area (TPSA) is 66.5 Å². The van der Waals surface area contributed by atoms with Crippen LogP contribution in [0.25, 0.3) is 0 Å². The van der Waals surface area contributed by atoms with Crippen molar-refractivity contribution in [1.29, 1.82) is 0 Å². The van der Waals surface area contributed by atoms with Gasteiger partial charge < -0.3 is 20.3 Å². The van der Waals surface area contributed by atoms with Gasteiger partial charge in [-0.2, -0.15) is 0 Å². The first-order valence-electron chi connectivity index (χ1n) is 8.53. The average molecular weight is 340 g/mol. The molecule has 2 heterocycles. The number of hydrogen-bond donors (Lipinski definition) is 2. The molecule has 2 amide bonds. The summed E-state index contributed by atoms with van der Waals surface area (Å²) >= 11 is 0. The zero-order valence-corrected chi connectivity index (χ0v) is 14.7. The van der Waals surface area contributed by atoms with Gasteiger partial charge in [-0.05, 0) is 43.5 Å². The number of carbonyl (C=O) groups excluding carboxylic acids is 1. The highest BCUT2D eigenvalue weighted by Crippen LogP contribution is 2.29. The first-order valence-corrected chi connectivity index (χ1v) is 8.53. The summed E-state index contributed by atoms with van der Waals surface area (Å²) in [7, 11) is 1.69. The zero-order valence-electron chi connectivity index (χ0n) is 14.7. The van der Waals surface area contributed by atoms with Gasteiger partial charge in [-0.15, -0.1) is 0 Å². The van der Waals surface area contributed by atoms with E-state index in [9.17, 15) is 4.79 Å². The summed E-state index contributed by atoms with van der Waals surface area (Å²) in [6.45, 7) is 3.70. The molecule has 1 aromatic carbocycles. The minimum atomic E-state index is -0.162. The van der Waals surface area contributed by atoms with Crippen LogP contribution in [0.1, 0.15) is 18.4 Å². The van der Waals surface area contributed by atoms with Crippen LogP contribution < -0.4 is 20.3 Å². The third-order valence-electron chi connectivity index (χ3n) is 4.52. The van der Waals surface area contributed by atoms with E-state index in [0.717, 1.165) is 48.6 Å². The molecule has 0 bridgehead atoms. The largest absolute Gasteiger partial charge is 0.495 e. The van der Waals surface area contributed by atoms with Crippen molar-refractivity contribution in [2.75, 3.05) is 30.4 Å². The second kappa shape index (κ2) is 7.88. The molecular weight excluding hydrogens is 316 g/mol. The number of carbonyl (C=O) groups is 1. The summed E-state index contributed by atoms with van der Waals surface area (Å²) in [6.07, 6.45) is 5.22. The van der Waals surface area contributed by atoms with Gasteiger partial charge in [0.1, 0.15) is 5.75 Å². The van der Waals surface area contributed by atoms with Gasteiger partial charge in [-0.1, -0.05) is 12.1 Å². The lowest BCUT2D eigenvalue weighted by atomic mass is 10.0. The van der Waals surface area contributed by atoms with Crippen molar-refractivity contribution in [1.82, 2.24) is 10.3 Å². The molecule has 2 N–H and O–H groups in total. The van der Waals surface area contributed by atoms with Crippen molar-refractivity contribution in [2.45, 2.75) is 25.8 Å². The van der Waals surface area contributed by atoms with Gasteiger partial charge in [0.15, 0.2) is 0 Å². The van der Waals surface area contributed by atoms with Gasteiger partial charge in [0.2, 0.25) is 0 Å². The van der Waals surface area contributed by atoms with E-state index in [-0.39, 0.29) is 12.1 Å². The van der Waals surface area contributed by atoms with E-state index >= 15 is 0 Å². The van der Waals surface area contributed by atoms with E-state index in [1.807, 2.05) is 25.1 Å². The fourth-order valence-corrected chi connectivity index (χ4v) is 3.11. The molecule has 1 aliphatic rings. The van der Waals surface area contributed by atoms with Crippen LogP contribution in [0.4, 0.5) is 16.2 Å². The second-order valence-electron chi connectivity index (χ2n) is 6.22. The Hall–Kier alpha value is -2.76. The molecule has 1 aromatic heterocycles. The number of anilines is 2. The van der Waals surface area contributed by atoms with Crippen LogP contribution in [0.3, 0.4) is 0 Å². The molecule has 3 rings (SSSR count). The Morgan fingerprint density at radius 3 is 2.72 bits per heavy atom. The number of aromatic nitrogens is 1. The van der Waals surface area contributed by atoms with Crippen LogP contribution >= 0.6 is 0 Å². The molecule has 0 saturated carbocycles. The van der Waals surface area contributed by atoms with Gasteiger partial charge in [0, 0.05) is 37.2 Å². The lowest BCUT2D eigenvalue weighted by molar-refractivity contribution is 0.246. The minimum absolute atomic E-state index is 0.162. The van der Waals surface area contributed by atoms with Crippen molar-refractivity contribution < 1.29 is 9.53 Å². The van der Waals surface area contributed by atoms with Crippen molar-refractivity contribution in [2.24, 2.45) is 0 Å². The van der Waals surface area contributed by atoms with Gasteiger partial charge in [0.05, 0.1) is 12.8 Å². The molecule has 2 aromatic rings. The van der Waals surface area contributed by atoms with Crippen molar-refractivity contribution >= 4 is 17.4 Å². The number of ether oxygens (including phenoxy) is 1. The summed E-state index contributed by atoms with van der Waals surface area (Å²) in [6, 6.07) is 9.86. The third kappa shape index (κ3) is 4.21. The predicted octanol–water partition coefficient (Wildman–Crippen LogP) is 3.19. The summed E-state index contributed by atoms with van der Waals surface area (Å²) in [4.78, 5) is 18.5. The molecule has 0 radical (unpaired) electrons. The number of amides is 2. The molecule has 0 spiro atoms. The highest BCUT2D eigenvalue weighted by molar-refractivity contribution is 5.90. The maximum absolute atomic E-state index is 12.2. The quantitative estimate of drug-likeness (QED) is 0.897. The molecule has 1 fully saturated rings. The van der Waals surface area contributed by atoms with E-state index in [1.54, 1.807) is 25.6 Å². The molecule has 6 nitrogen and oxygen atoms in total. The number of aryl methyl sites for hydroxylation is 1. The number of piperidine rings is 1. The highest BCUT2D eigenvalue weighted by Gasteiger charge is 2.22. The molecule has 6 heteroatoms. The van der Waals surface area contributed by atoms with Gasteiger partial charge in [0.25, 0.3) is 0 Å². The SMILES string of the molecule is COc1ccccc1N1CCC(NC(=O)Nc2ccncc2C)CC1. The predicted molar refractivity (Wildman–Crippen MR) is 99.4 cm³/mol. The van der Waals surface area contributed by atoms with E-state index in [0.29, 0.717) is 0 Å². The highest BCUT2D eigenvalue weighted by atomic mass is 16.5. The van der Waals surface area contributed by atoms with Crippen LogP contribution in [0.15, 0.2) is 42.7 Å². The van der Waals surface area contributed by atoms with Crippen LogP contribution in [-0.2, 0) is 0 Å². The van der Waals surface area contributed by atoms with Crippen molar-refractivity contribution in [3.05, 3.63) is 48.3 Å². The smallest absolute Gasteiger partial charge is 0.319 e. The number of benzene rings is 1. The number of rotatable bonds is 4. The van der Waals surface area contributed by atoms with Gasteiger partial charge in [-0.3, -0.25) is 4.98 Å². The first-order chi connectivity index (χ1) is 12.2. The maximum Gasteiger partial charge on any atom is 0.319 e. The maximum atomic E-state index is 12.2. The van der Waals surface area contributed by atoms with Crippen LogP contribution in [0.5, 0.6) is 5.75 Å². The number of nitrogens with zero attached hydrogens (tertiary/aromatic N) is 2. The molecule has 132 valence electrons. The lowest BCUT2D eigenvalue weighted by Gasteiger charge is -2.34. The van der Waals surface area contributed by atoms with Crippen LogP contribution in [0.2, 0.25) is 0 Å². The standard InChI is InChI=1S/C19H24N4O2/c1-14-13-20-10-7-16(14)22-19(24)21-15-8-11-23(12-9-15)17-5-3-4-6-18(17)25-2/h3-7,10,13,15H,8-9,11-12H2,1-2H3,(H2,20,21,22,24). The van der Waals surface area contributed by atoms with E-state index in [1.165, 1.54) is 0 Å². The Labute approximate surface area is 148 Å². The average Bonchev–Trinajstić information content (AvgIpc) is 2.64. The number of pyridine rings is 1. The lowest BCUT2D eigenvalue weighted by Crippen LogP contribution is -2.46. The molecule has 25 heavy (non-hydrogen) atoms. The molecular formula is C19H24N4O2. The number of methoxy groups -OCH3 is 1. The monoisotopic (exact) mass is 340 g/mol. The fraction of sp³-hybridized carbons (Fsp3) is 0.368. The Kier molecular flexibility index (Phi) is 5.38. The molecule has 0 aliphatic carbocycles. The molecule has 1 aliphatic heterocycles. The van der Waals surface area contributed by atoms with Crippen molar-refractivity contribution in [3.63, 3.8) is 0 Å². The van der Waals surface area contributed by atoms with Crippen LogP contribution in [0, 0.1) is 6.92 Å². The Morgan fingerprint density at radius 2 is 2.00 bits per heavy atom. The minimum Gasteiger partial charge on any atom is -0.495 e. The van der Waals surface area contributed by atoms with E-state index in [2.05, 4.69) is 26.6 Å². The summed E-state index contributed by atoms with van der Waals surface area (Å²) in [5.74, 6) is 0.889. The second-order valence-corrected chi connectivity index (χ2v) is 6.22. The Balaban J connectivity index is 1.52. The van der Waals surface area contributed by atoms with Gasteiger partial charge in [-0.25, -0.2) is 4.79 Å². The molecule has 0 unspecified atom stereocenters. The normalized spacial score (nSPS) is 14.9. The van der Waals surface area contributed by atoms with Crippen LogP contribution in [-0.4, -0.2) is 37.3 Å². The van der Waals surface area contributed by atoms with E-state index in [4.69, 9.17) is 4.74 Å². The Bertz CT molecular complexity index is 727. The number of para-hydroxylation sites is 2. The molecule has 0 atom stereocenters. The van der Waals surface area contributed by atoms with Crippen molar-refractivity contribution in [3.8, 4) is 5.75 Å². The summed E-state index contributed by atoms with van der Waals surface area (Å²) < 4.78 is 5.44. The number of hydrogen-bond acceptors (Lipinski definition) is 4. The van der Waals surface area contributed by atoms with Gasteiger partial charge >= 0.3 is 6.03 Å². The summed E-state index contributed by atoms with van der Waals surface area (Å²) in [5, 5.41) is 5.96. The zero-order chi connectivity index (χ0) is 17.6. The molecule has 1 saturated heterocycles. The Morgan fingerprint density at radius 1 is 1.24 bits per heavy atom. The first kappa shape index (κ1) is 17.1. The fourth-order valence-electron chi connectivity index (χ4n) is 3.11. The summed E-state index contributed by atoms with van der Waals surface area (Å²) in [5.41, 5.74) is 2.85. The third-order valence-corrected chi connectivity index (χ3v) is 4.52.